The molecule has 0 N–H and O–H groups in total. The molecule has 0 heterocycles. The number of hydrogen-bond acceptors (Lipinski definition) is 1. The fourth-order valence-corrected chi connectivity index (χ4v) is 2.83. The van der Waals surface area contributed by atoms with E-state index in [0.29, 0.717) is 5.78 Å². The lowest BCUT2D eigenvalue weighted by Gasteiger charge is -2.01. The first-order valence-corrected chi connectivity index (χ1v) is 10.6. The zero-order valence-electron chi connectivity index (χ0n) is 16.5. The number of Topliss-reactive ketones (excluding diaryl/α,β-unsaturated/α-hetero) is 1. The Morgan fingerprint density at radius 2 is 1.04 bits per heavy atom. The van der Waals surface area contributed by atoms with Crippen molar-refractivity contribution in [1.82, 2.24) is 0 Å². The van der Waals surface area contributed by atoms with Crippen molar-refractivity contribution in [2.24, 2.45) is 0 Å². The highest BCUT2D eigenvalue weighted by Gasteiger charge is 2.00. The standard InChI is InChI=1S/C23H42O/c1-3-5-7-8-9-10-11-12-13-14-15-16-17-18-20-22-23(24)21-19-6-4-2/h9-10,12-13H,3-8,11,14-22H2,1-2H3/b10-9-,13-12-. The fraction of sp³-hybridized carbons (Fsp3) is 0.783. The van der Waals surface area contributed by atoms with Crippen LogP contribution in [0.4, 0.5) is 0 Å². The van der Waals surface area contributed by atoms with Gasteiger partial charge in [-0.2, -0.15) is 0 Å². The molecular weight excluding hydrogens is 292 g/mol. The van der Waals surface area contributed by atoms with Crippen LogP contribution in [-0.2, 0) is 4.79 Å². The number of unbranched alkanes of at least 4 members (excludes halogenated alkanes) is 10. The predicted molar refractivity (Wildman–Crippen MR) is 109 cm³/mol. The summed E-state index contributed by atoms with van der Waals surface area (Å²) in [5.74, 6) is 0.481. The van der Waals surface area contributed by atoms with Gasteiger partial charge < -0.3 is 0 Å². The van der Waals surface area contributed by atoms with Gasteiger partial charge in [0.25, 0.3) is 0 Å². The SMILES string of the molecule is CCCCC/C=C\C/C=C\CCCCCCCC(=O)CCCCC. The Hall–Kier alpha value is -0.850. The highest BCUT2D eigenvalue weighted by Crippen LogP contribution is 2.10. The molecule has 0 saturated heterocycles. The van der Waals surface area contributed by atoms with Gasteiger partial charge in [-0.1, -0.05) is 83.1 Å². The maximum Gasteiger partial charge on any atom is 0.132 e. The maximum atomic E-state index is 11.6. The topological polar surface area (TPSA) is 17.1 Å². The maximum absolute atomic E-state index is 11.6. The van der Waals surface area contributed by atoms with Crippen LogP contribution in [0.15, 0.2) is 24.3 Å². The van der Waals surface area contributed by atoms with E-state index < -0.39 is 0 Å². The van der Waals surface area contributed by atoms with E-state index >= 15 is 0 Å². The number of ketones is 1. The zero-order valence-corrected chi connectivity index (χ0v) is 16.5. The number of hydrogen-bond donors (Lipinski definition) is 0. The molecule has 0 rings (SSSR count). The molecule has 0 radical (unpaired) electrons. The Kier molecular flexibility index (Phi) is 19.5. The first-order chi connectivity index (χ1) is 11.8. The molecule has 1 heteroatoms. The van der Waals surface area contributed by atoms with E-state index in [4.69, 9.17) is 0 Å². The van der Waals surface area contributed by atoms with Gasteiger partial charge >= 0.3 is 0 Å². The minimum atomic E-state index is 0.481. The van der Waals surface area contributed by atoms with Gasteiger partial charge in [0.1, 0.15) is 5.78 Å². The summed E-state index contributed by atoms with van der Waals surface area (Å²) >= 11 is 0. The molecule has 0 aliphatic carbocycles. The van der Waals surface area contributed by atoms with Crippen molar-refractivity contribution in [1.29, 1.82) is 0 Å². The molecule has 0 saturated carbocycles. The van der Waals surface area contributed by atoms with Gasteiger partial charge in [0.15, 0.2) is 0 Å². The molecule has 0 bridgehead atoms. The number of allylic oxidation sites excluding steroid dienone is 4. The molecule has 0 unspecified atom stereocenters. The minimum absolute atomic E-state index is 0.481. The summed E-state index contributed by atoms with van der Waals surface area (Å²) in [6.45, 7) is 4.44. The van der Waals surface area contributed by atoms with Crippen molar-refractivity contribution >= 4 is 5.78 Å². The van der Waals surface area contributed by atoms with Gasteiger partial charge in [-0.15, -0.1) is 0 Å². The van der Waals surface area contributed by atoms with Crippen LogP contribution in [-0.4, -0.2) is 5.78 Å². The van der Waals surface area contributed by atoms with Crippen LogP contribution in [0.2, 0.25) is 0 Å². The Morgan fingerprint density at radius 1 is 0.583 bits per heavy atom. The number of carbonyl (C=O) groups excluding carboxylic acids is 1. The third-order valence-electron chi connectivity index (χ3n) is 4.47. The van der Waals surface area contributed by atoms with Crippen molar-refractivity contribution in [2.45, 2.75) is 117 Å². The second-order valence-electron chi connectivity index (χ2n) is 6.98. The summed E-state index contributed by atoms with van der Waals surface area (Å²) in [7, 11) is 0. The van der Waals surface area contributed by atoms with Crippen molar-refractivity contribution in [3.8, 4) is 0 Å². The summed E-state index contributed by atoms with van der Waals surface area (Å²) in [6, 6.07) is 0. The molecule has 0 aliphatic heterocycles. The Balaban J connectivity index is 3.24. The molecule has 0 atom stereocenters. The highest BCUT2D eigenvalue weighted by atomic mass is 16.1. The van der Waals surface area contributed by atoms with Crippen LogP contribution in [0.3, 0.4) is 0 Å². The van der Waals surface area contributed by atoms with E-state index in [0.717, 1.165) is 32.1 Å². The lowest BCUT2D eigenvalue weighted by Crippen LogP contribution is -1.97. The molecule has 0 fully saturated rings. The molecule has 0 amide bonds. The fourth-order valence-electron chi connectivity index (χ4n) is 2.83. The van der Waals surface area contributed by atoms with E-state index in [1.807, 2.05) is 0 Å². The van der Waals surface area contributed by atoms with Gasteiger partial charge in [-0.05, 0) is 44.9 Å². The summed E-state index contributed by atoms with van der Waals surface area (Å²) in [6.07, 6.45) is 28.1. The van der Waals surface area contributed by atoms with Crippen molar-refractivity contribution in [2.75, 3.05) is 0 Å². The van der Waals surface area contributed by atoms with Gasteiger partial charge in [0, 0.05) is 12.8 Å². The van der Waals surface area contributed by atoms with Crippen molar-refractivity contribution in [3.63, 3.8) is 0 Å². The van der Waals surface area contributed by atoms with Crippen LogP contribution >= 0.6 is 0 Å². The van der Waals surface area contributed by atoms with Gasteiger partial charge in [-0.3, -0.25) is 4.79 Å². The summed E-state index contributed by atoms with van der Waals surface area (Å²) in [5.41, 5.74) is 0. The largest absolute Gasteiger partial charge is 0.300 e. The average Bonchev–Trinajstić information content (AvgIpc) is 2.58. The van der Waals surface area contributed by atoms with Crippen LogP contribution < -0.4 is 0 Å². The smallest absolute Gasteiger partial charge is 0.132 e. The molecule has 1 nitrogen and oxygen atoms in total. The number of rotatable bonds is 18. The highest BCUT2D eigenvalue weighted by molar-refractivity contribution is 5.78. The molecule has 0 aromatic carbocycles. The number of carbonyl (C=O) groups is 1. The van der Waals surface area contributed by atoms with Crippen LogP contribution in [0.25, 0.3) is 0 Å². The van der Waals surface area contributed by atoms with Gasteiger partial charge in [0.05, 0.1) is 0 Å². The molecule has 0 spiro atoms. The average molecular weight is 335 g/mol. The molecule has 0 aliphatic rings. The van der Waals surface area contributed by atoms with Crippen molar-refractivity contribution < 1.29 is 4.79 Å². The lowest BCUT2D eigenvalue weighted by molar-refractivity contribution is -0.119. The Bertz CT molecular complexity index is 314. The molecule has 24 heavy (non-hydrogen) atoms. The first-order valence-electron chi connectivity index (χ1n) is 10.6. The zero-order chi connectivity index (χ0) is 17.7. The Labute approximate surface area is 152 Å². The van der Waals surface area contributed by atoms with Crippen molar-refractivity contribution in [3.05, 3.63) is 24.3 Å². The van der Waals surface area contributed by atoms with Crippen LogP contribution in [0.1, 0.15) is 117 Å². The molecule has 0 aromatic heterocycles. The van der Waals surface area contributed by atoms with E-state index in [1.54, 1.807) is 0 Å². The summed E-state index contributed by atoms with van der Waals surface area (Å²) in [5, 5.41) is 0. The van der Waals surface area contributed by atoms with E-state index in [9.17, 15) is 4.79 Å². The molecule has 140 valence electrons. The second kappa shape index (κ2) is 20.2. The summed E-state index contributed by atoms with van der Waals surface area (Å²) < 4.78 is 0. The van der Waals surface area contributed by atoms with Gasteiger partial charge in [-0.25, -0.2) is 0 Å². The van der Waals surface area contributed by atoms with Crippen LogP contribution in [0.5, 0.6) is 0 Å². The second-order valence-corrected chi connectivity index (χ2v) is 6.98. The lowest BCUT2D eigenvalue weighted by atomic mass is 10.0. The van der Waals surface area contributed by atoms with Crippen LogP contribution in [0, 0.1) is 0 Å². The Morgan fingerprint density at radius 3 is 1.67 bits per heavy atom. The summed E-state index contributed by atoms with van der Waals surface area (Å²) in [4.78, 5) is 11.6. The van der Waals surface area contributed by atoms with E-state index in [1.165, 1.54) is 70.6 Å². The minimum Gasteiger partial charge on any atom is -0.300 e. The predicted octanol–water partition coefficient (Wildman–Crippen LogP) is 7.95. The molecular formula is C23H42O. The normalized spacial score (nSPS) is 11.8. The monoisotopic (exact) mass is 334 g/mol. The van der Waals surface area contributed by atoms with E-state index in [2.05, 4.69) is 38.2 Å². The third kappa shape index (κ3) is 19.2. The third-order valence-corrected chi connectivity index (χ3v) is 4.47. The molecule has 0 aromatic rings. The van der Waals surface area contributed by atoms with E-state index in [-0.39, 0.29) is 0 Å². The first kappa shape index (κ1) is 23.1. The quantitative estimate of drug-likeness (QED) is 0.183. The van der Waals surface area contributed by atoms with Gasteiger partial charge in [0.2, 0.25) is 0 Å².